The second kappa shape index (κ2) is 8.37. The largest absolute Gasteiger partial charge is 0.410 e. The second-order valence-corrected chi connectivity index (χ2v) is 9.23. The second-order valence-electron chi connectivity index (χ2n) is 9.23. The lowest BCUT2D eigenvalue weighted by Crippen LogP contribution is -2.65. The van der Waals surface area contributed by atoms with Crippen LogP contribution < -0.4 is 10.6 Å². The van der Waals surface area contributed by atoms with Gasteiger partial charge < -0.3 is 10.6 Å². The molecule has 1 aromatic rings. The number of hydrogen-bond acceptors (Lipinski definition) is 3. The van der Waals surface area contributed by atoms with Gasteiger partial charge in [0.1, 0.15) is 5.54 Å². The monoisotopic (exact) mass is 447 g/mol. The van der Waals surface area contributed by atoms with Crippen LogP contribution in [0.4, 0.5) is 22.0 Å². The highest BCUT2D eigenvalue weighted by Crippen LogP contribution is 2.51. The standard InChI is InChI=1S/C21H26F5N3O2/c1-19(2,21(24,25)26)28-16(30)10-29-11-20(12-29)7-13(8-20)9-27-18(31)15-5-3-4-14(6-15)17(22)23/h3-6,13,17H,7-12H2,1-2H3,(H,27,31)(H,28,30). The van der Waals surface area contributed by atoms with E-state index in [0.29, 0.717) is 19.6 Å². The average molecular weight is 447 g/mol. The molecule has 3 rings (SSSR count). The van der Waals surface area contributed by atoms with Crippen molar-refractivity contribution < 1.29 is 31.5 Å². The lowest BCUT2D eigenvalue weighted by Gasteiger charge is -2.59. The van der Waals surface area contributed by atoms with E-state index in [9.17, 15) is 31.5 Å². The summed E-state index contributed by atoms with van der Waals surface area (Å²) < 4.78 is 64.1. The molecule has 1 aliphatic carbocycles. The number of benzene rings is 1. The van der Waals surface area contributed by atoms with Crippen molar-refractivity contribution in [1.29, 1.82) is 0 Å². The fourth-order valence-corrected chi connectivity index (χ4v) is 4.40. The summed E-state index contributed by atoms with van der Waals surface area (Å²) in [5, 5.41) is 4.79. The zero-order valence-electron chi connectivity index (χ0n) is 17.4. The molecule has 1 heterocycles. The number of carbonyl (C=O) groups is 2. The first-order chi connectivity index (χ1) is 14.3. The number of rotatable bonds is 7. The number of carbonyl (C=O) groups excluding carboxylic acids is 2. The molecule has 0 aromatic heterocycles. The van der Waals surface area contributed by atoms with Crippen LogP contribution in [-0.2, 0) is 4.79 Å². The molecule has 1 spiro atoms. The topological polar surface area (TPSA) is 61.4 Å². The summed E-state index contributed by atoms with van der Waals surface area (Å²) in [5.74, 6) is -0.809. The Labute approximate surface area is 177 Å². The van der Waals surface area contributed by atoms with Gasteiger partial charge in [-0.2, -0.15) is 13.2 Å². The van der Waals surface area contributed by atoms with Crippen LogP contribution in [0.15, 0.2) is 24.3 Å². The van der Waals surface area contributed by atoms with E-state index in [1.807, 2.05) is 10.2 Å². The van der Waals surface area contributed by atoms with E-state index in [2.05, 4.69) is 5.32 Å². The summed E-state index contributed by atoms with van der Waals surface area (Å²) in [5.41, 5.74) is -2.24. The Morgan fingerprint density at radius 1 is 1.19 bits per heavy atom. The summed E-state index contributed by atoms with van der Waals surface area (Å²) >= 11 is 0. The normalized spacial score (nSPS) is 19.1. The number of halogens is 5. The molecule has 0 unspecified atom stereocenters. The van der Waals surface area contributed by atoms with Crippen LogP contribution in [0, 0.1) is 11.3 Å². The summed E-state index contributed by atoms with van der Waals surface area (Å²) in [6.45, 7) is 3.47. The van der Waals surface area contributed by atoms with Crippen molar-refractivity contribution >= 4 is 11.8 Å². The average Bonchev–Trinajstić information content (AvgIpc) is 2.60. The van der Waals surface area contributed by atoms with Gasteiger partial charge >= 0.3 is 6.18 Å². The fraction of sp³-hybridized carbons (Fsp3) is 0.619. The van der Waals surface area contributed by atoms with E-state index in [1.165, 1.54) is 24.3 Å². The number of nitrogens with one attached hydrogen (secondary N) is 2. The highest BCUT2D eigenvalue weighted by molar-refractivity contribution is 5.94. The Morgan fingerprint density at radius 2 is 1.84 bits per heavy atom. The van der Waals surface area contributed by atoms with Gasteiger partial charge in [-0.05, 0) is 50.2 Å². The number of likely N-dealkylation sites (tertiary alicyclic amines) is 1. The Balaban J connectivity index is 1.37. The molecule has 0 atom stereocenters. The summed E-state index contributed by atoms with van der Waals surface area (Å²) in [7, 11) is 0. The molecule has 31 heavy (non-hydrogen) atoms. The number of alkyl halides is 5. The Hall–Kier alpha value is -2.23. The van der Waals surface area contributed by atoms with E-state index in [4.69, 9.17) is 0 Å². The Bertz CT molecular complexity index is 827. The molecular formula is C21H26F5N3O2. The van der Waals surface area contributed by atoms with Gasteiger partial charge in [0.25, 0.3) is 12.3 Å². The van der Waals surface area contributed by atoms with Crippen molar-refractivity contribution in [3.05, 3.63) is 35.4 Å². The minimum Gasteiger partial charge on any atom is -0.352 e. The third kappa shape index (κ3) is 5.34. The first kappa shape index (κ1) is 23.4. The van der Waals surface area contributed by atoms with Crippen LogP contribution in [0.5, 0.6) is 0 Å². The van der Waals surface area contributed by atoms with Crippen LogP contribution in [-0.4, -0.2) is 54.6 Å². The van der Waals surface area contributed by atoms with Crippen LogP contribution in [0.25, 0.3) is 0 Å². The van der Waals surface area contributed by atoms with Crippen molar-refractivity contribution in [3.63, 3.8) is 0 Å². The number of nitrogens with zero attached hydrogens (tertiary/aromatic N) is 1. The molecular weight excluding hydrogens is 421 g/mol. The van der Waals surface area contributed by atoms with Gasteiger partial charge in [-0.3, -0.25) is 14.5 Å². The van der Waals surface area contributed by atoms with Gasteiger partial charge in [-0.15, -0.1) is 0 Å². The molecule has 2 amide bonds. The molecule has 172 valence electrons. The molecule has 1 saturated carbocycles. The van der Waals surface area contributed by atoms with Crippen LogP contribution in [0.3, 0.4) is 0 Å². The molecule has 1 aromatic carbocycles. The molecule has 1 aliphatic heterocycles. The zero-order chi connectivity index (χ0) is 23.0. The van der Waals surface area contributed by atoms with Gasteiger partial charge in [0.2, 0.25) is 5.91 Å². The van der Waals surface area contributed by atoms with Crippen molar-refractivity contribution in [3.8, 4) is 0 Å². The maximum atomic E-state index is 12.9. The molecule has 0 bridgehead atoms. The number of amides is 2. The SMILES string of the molecule is CC(C)(NC(=O)CN1CC2(CC(CNC(=O)c3cccc(C(F)F)c3)C2)C1)C(F)(F)F. The maximum absolute atomic E-state index is 12.9. The lowest BCUT2D eigenvalue weighted by molar-refractivity contribution is -0.189. The van der Waals surface area contributed by atoms with Gasteiger partial charge in [-0.1, -0.05) is 12.1 Å². The van der Waals surface area contributed by atoms with E-state index in [0.717, 1.165) is 26.7 Å². The predicted octanol–water partition coefficient (Wildman–Crippen LogP) is 3.52. The third-order valence-electron chi connectivity index (χ3n) is 6.04. The summed E-state index contributed by atoms with van der Waals surface area (Å²) in [4.78, 5) is 25.9. The van der Waals surface area contributed by atoms with Gasteiger partial charge in [0.05, 0.1) is 6.54 Å². The Morgan fingerprint density at radius 3 is 2.42 bits per heavy atom. The van der Waals surface area contributed by atoms with Crippen molar-refractivity contribution in [2.75, 3.05) is 26.2 Å². The minimum atomic E-state index is -4.52. The first-order valence-electron chi connectivity index (χ1n) is 10.1. The number of hydrogen-bond donors (Lipinski definition) is 2. The molecule has 2 fully saturated rings. The molecule has 2 aliphatic rings. The van der Waals surface area contributed by atoms with Crippen LogP contribution in [0.2, 0.25) is 0 Å². The van der Waals surface area contributed by atoms with E-state index < -0.39 is 30.0 Å². The summed E-state index contributed by atoms with van der Waals surface area (Å²) in [6.07, 6.45) is -5.47. The Kier molecular flexibility index (Phi) is 6.32. The van der Waals surface area contributed by atoms with Crippen molar-refractivity contribution in [1.82, 2.24) is 15.5 Å². The highest BCUT2D eigenvalue weighted by Gasteiger charge is 2.53. The first-order valence-corrected chi connectivity index (χ1v) is 10.1. The predicted molar refractivity (Wildman–Crippen MR) is 104 cm³/mol. The molecule has 0 radical (unpaired) electrons. The van der Waals surface area contributed by atoms with E-state index in [-0.39, 0.29) is 29.0 Å². The smallest absolute Gasteiger partial charge is 0.352 e. The zero-order valence-corrected chi connectivity index (χ0v) is 17.4. The van der Waals surface area contributed by atoms with Gasteiger partial charge in [-0.25, -0.2) is 8.78 Å². The van der Waals surface area contributed by atoms with Crippen molar-refractivity contribution in [2.24, 2.45) is 11.3 Å². The van der Waals surface area contributed by atoms with E-state index >= 15 is 0 Å². The minimum absolute atomic E-state index is 0.0464. The van der Waals surface area contributed by atoms with Crippen LogP contribution >= 0.6 is 0 Å². The molecule has 10 heteroatoms. The maximum Gasteiger partial charge on any atom is 0.410 e. The lowest BCUT2D eigenvalue weighted by atomic mass is 9.57. The highest BCUT2D eigenvalue weighted by atomic mass is 19.4. The third-order valence-corrected chi connectivity index (χ3v) is 6.04. The van der Waals surface area contributed by atoms with Crippen molar-refractivity contribution in [2.45, 2.75) is 44.8 Å². The molecule has 2 N–H and O–H groups in total. The molecule has 5 nitrogen and oxygen atoms in total. The molecule has 1 saturated heterocycles. The fourth-order valence-electron chi connectivity index (χ4n) is 4.40. The summed E-state index contributed by atoms with van der Waals surface area (Å²) in [6, 6.07) is 5.35. The quantitative estimate of drug-likeness (QED) is 0.629. The van der Waals surface area contributed by atoms with E-state index in [1.54, 1.807) is 0 Å². The van der Waals surface area contributed by atoms with Gasteiger partial charge in [0.15, 0.2) is 0 Å². The van der Waals surface area contributed by atoms with Gasteiger partial charge in [0, 0.05) is 30.8 Å². The van der Waals surface area contributed by atoms with Crippen LogP contribution in [0.1, 0.15) is 49.0 Å².